The summed E-state index contributed by atoms with van der Waals surface area (Å²) in [7, 11) is -4.08. The molecular formula is C30H37Cl2N5O5S. The predicted octanol–water partition coefficient (Wildman–Crippen LogP) is 4.80. The number of esters is 1. The van der Waals surface area contributed by atoms with Gasteiger partial charge in [-0.25, -0.2) is 8.42 Å². The molecule has 1 saturated heterocycles. The minimum absolute atomic E-state index is 0. The molecule has 13 heteroatoms. The summed E-state index contributed by atoms with van der Waals surface area (Å²) >= 11 is 0. The Hall–Kier alpha value is -3.54. The lowest BCUT2D eigenvalue weighted by atomic mass is 9.98. The number of anilines is 1. The number of hydrogen-bond donors (Lipinski definition) is 3. The fourth-order valence-corrected chi connectivity index (χ4v) is 7.21. The Labute approximate surface area is 264 Å². The smallest absolute Gasteiger partial charge is 0.323 e. The first kappa shape index (κ1) is 34.0. The number of piperidine rings is 1. The van der Waals surface area contributed by atoms with Crippen LogP contribution < -0.4 is 14.8 Å². The Morgan fingerprint density at radius 1 is 1.00 bits per heavy atom. The summed E-state index contributed by atoms with van der Waals surface area (Å²) in [5.41, 5.74) is 8.37. The van der Waals surface area contributed by atoms with Gasteiger partial charge >= 0.3 is 5.97 Å². The van der Waals surface area contributed by atoms with Gasteiger partial charge in [0.25, 0.3) is 0 Å². The summed E-state index contributed by atoms with van der Waals surface area (Å²) in [4.78, 5) is 14.3. The van der Waals surface area contributed by atoms with Crippen LogP contribution >= 0.6 is 24.8 Å². The lowest BCUT2D eigenvalue weighted by molar-refractivity contribution is -0.139. The van der Waals surface area contributed by atoms with Crippen LogP contribution in [0.4, 0.5) is 5.69 Å². The monoisotopic (exact) mass is 649 g/mol. The van der Waals surface area contributed by atoms with Gasteiger partial charge in [0.1, 0.15) is 17.7 Å². The molecule has 0 aliphatic carbocycles. The van der Waals surface area contributed by atoms with Crippen LogP contribution in [0.5, 0.6) is 5.75 Å². The van der Waals surface area contributed by atoms with Gasteiger partial charge in [-0.2, -0.15) is 0 Å². The molecule has 2 aliphatic heterocycles. The van der Waals surface area contributed by atoms with Gasteiger partial charge in [-0.15, -0.1) is 24.8 Å². The average molecular weight is 651 g/mol. The number of fused-ring (bicyclic) bond motifs is 2. The van der Waals surface area contributed by atoms with Gasteiger partial charge in [0.05, 0.1) is 24.2 Å². The largest absolute Gasteiger partial charge is 0.490 e. The quantitative estimate of drug-likeness (QED) is 0.180. The van der Waals surface area contributed by atoms with Gasteiger partial charge in [-0.05, 0) is 66.1 Å². The number of nitrogens with two attached hydrogens (primary N) is 1. The van der Waals surface area contributed by atoms with Gasteiger partial charge < -0.3 is 20.1 Å². The van der Waals surface area contributed by atoms with Crippen molar-refractivity contribution in [2.45, 2.75) is 45.3 Å². The number of amidine groups is 2. The van der Waals surface area contributed by atoms with Gasteiger partial charge in [-0.1, -0.05) is 24.3 Å². The molecule has 5 rings (SSSR count). The van der Waals surface area contributed by atoms with E-state index in [9.17, 15) is 13.2 Å². The van der Waals surface area contributed by atoms with Gasteiger partial charge in [0, 0.05) is 37.9 Å². The molecule has 1 fully saturated rings. The standard InChI is InChI=1S/C30H35N5O5S.2ClH/c1-3-39-29(36)18-41(37,38)35-27-9-8-26(40-25-10-12-34(13-11-25)19(2)31)16-24(27)17-28(35)21-6-4-20-5-7-22(30(32)33)15-23(20)14-21;;/h4-9,14-16,25,28,31H,3,10-13,17-18H2,1-2H3,(H3,32,33);2*1H/t28-;;/m1../s1. The van der Waals surface area contributed by atoms with E-state index in [-0.39, 0.29) is 43.4 Å². The van der Waals surface area contributed by atoms with Gasteiger partial charge in [0.2, 0.25) is 10.0 Å². The van der Waals surface area contributed by atoms with Crippen molar-refractivity contribution in [1.82, 2.24) is 4.90 Å². The zero-order chi connectivity index (χ0) is 29.3. The second-order valence-electron chi connectivity index (χ2n) is 10.5. The zero-order valence-corrected chi connectivity index (χ0v) is 26.5. The van der Waals surface area contributed by atoms with Crippen LogP contribution in [-0.4, -0.2) is 62.5 Å². The average Bonchev–Trinajstić information content (AvgIpc) is 3.32. The fraction of sp³-hybridized carbons (Fsp3) is 0.367. The minimum Gasteiger partial charge on any atom is -0.490 e. The number of rotatable bonds is 8. The molecule has 0 spiro atoms. The van der Waals surface area contributed by atoms with Crippen LogP contribution in [0.15, 0.2) is 54.6 Å². The van der Waals surface area contributed by atoms with Crippen molar-refractivity contribution in [3.05, 3.63) is 71.3 Å². The summed E-state index contributed by atoms with van der Waals surface area (Å²) in [6, 6.07) is 16.1. The van der Waals surface area contributed by atoms with Crippen molar-refractivity contribution in [3.63, 3.8) is 0 Å². The normalized spacial score (nSPS) is 16.6. The lowest BCUT2D eigenvalue weighted by Gasteiger charge is -2.33. The summed E-state index contributed by atoms with van der Waals surface area (Å²) in [6.07, 6.45) is 2.02. The number of carbonyl (C=O) groups is 1. The first-order valence-electron chi connectivity index (χ1n) is 13.7. The second-order valence-corrected chi connectivity index (χ2v) is 12.3. The van der Waals surface area contributed by atoms with E-state index in [1.165, 1.54) is 4.31 Å². The maximum absolute atomic E-state index is 13.7. The Kier molecular flexibility index (Phi) is 10.9. The molecule has 0 bridgehead atoms. The number of hydrogen-bond acceptors (Lipinski definition) is 7. The highest BCUT2D eigenvalue weighted by Crippen LogP contribution is 2.44. The number of carbonyl (C=O) groups excluding carboxylic acids is 1. The molecule has 3 aromatic rings. The first-order chi connectivity index (χ1) is 19.6. The molecule has 10 nitrogen and oxygen atoms in total. The number of halogens is 2. The Balaban J connectivity index is 0.00000253. The number of nitrogen functional groups attached to an aromatic ring is 1. The molecule has 0 saturated carbocycles. The van der Waals surface area contributed by atoms with Crippen molar-refractivity contribution >= 4 is 68.9 Å². The molecule has 1 atom stereocenters. The van der Waals surface area contributed by atoms with E-state index in [0.29, 0.717) is 29.3 Å². The molecule has 0 radical (unpaired) electrons. The summed E-state index contributed by atoms with van der Waals surface area (Å²) < 4.78 is 40.0. The van der Waals surface area contributed by atoms with Crippen molar-refractivity contribution in [3.8, 4) is 5.75 Å². The maximum atomic E-state index is 13.7. The molecule has 0 aromatic heterocycles. The van der Waals surface area contributed by atoms with E-state index in [1.54, 1.807) is 32.0 Å². The summed E-state index contributed by atoms with van der Waals surface area (Å²) in [5, 5.41) is 17.4. The van der Waals surface area contributed by atoms with Crippen molar-refractivity contribution < 1.29 is 22.7 Å². The van der Waals surface area contributed by atoms with Crippen molar-refractivity contribution in [2.24, 2.45) is 5.73 Å². The maximum Gasteiger partial charge on any atom is 0.323 e. The number of nitrogens with one attached hydrogen (secondary N) is 2. The summed E-state index contributed by atoms with van der Waals surface area (Å²) in [5.74, 6) is -0.377. The predicted molar refractivity (Wildman–Crippen MR) is 174 cm³/mol. The number of nitrogens with zero attached hydrogens (tertiary/aromatic N) is 2. The van der Waals surface area contributed by atoms with Gasteiger partial charge in [-0.3, -0.25) is 19.9 Å². The fourth-order valence-electron chi connectivity index (χ4n) is 5.63. The van der Waals surface area contributed by atoms with E-state index in [2.05, 4.69) is 0 Å². The molecule has 232 valence electrons. The lowest BCUT2D eigenvalue weighted by Crippen LogP contribution is -2.40. The molecule has 4 N–H and O–H groups in total. The van der Waals surface area contributed by atoms with E-state index in [1.807, 2.05) is 41.3 Å². The Morgan fingerprint density at radius 3 is 2.35 bits per heavy atom. The SMILES string of the molecule is CCOC(=O)CS(=O)(=O)N1c2ccc(OC3CCN(C(C)=N)CC3)cc2C[C@@H]1c1ccc2ccc(C(=N)N)cc2c1.Cl.Cl. The first-order valence-corrected chi connectivity index (χ1v) is 15.3. The highest BCUT2D eigenvalue weighted by atomic mass is 35.5. The third-order valence-corrected chi connectivity index (χ3v) is 9.32. The van der Waals surface area contributed by atoms with Crippen molar-refractivity contribution in [2.75, 3.05) is 29.8 Å². The number of benzene rings is 3. The third kappa shape index (κ3) is 7.34. The number of likely N-dealkylation sites (tertiary alicyclic amines) is 1. The second kappa shape index (κ2) is 13.8. The minimum atomic E-state index is -4.08. The van der Waals surface area contributed by atoms with Gasteiger partial charge in [0.15, 0.2) is 5.75 Å². The molecule has 3 aromatic carbocycles. The molecule has 2 heterocycles. The highest BCUT2D eigenvalue weighted by Gasteiger charge is 2.40. The highest BCUT2D eigenvalue weighted by molar-refractivity contribution is 7.93. The molecule has 2 aliphatic rings. The van der Waals surface area contributed by atoms with Crippen LogP contribution in [0, 0.1) is 10.8 Å². The molecule has 0 unspecified atom stereocenters. The van der Waals surface area contributed by atoms with Crippen LogP contribution in [-0.2, 0) is 26.0 Å². The van der Waals surface area contributed by atoms with Crippen LogP contribution in [0.3, 0.4) is 0 Å². The van der Waals surface area contributed by atoms with E-state index < -0.39 is 27.8 Å². The zero-order valence-electron chi connectivity index (χ0n) is 24.0. The van der Waals surface area contributed by atoms with E-state index in [4.69, 9.17) is 26.0 Å². The van der Waals surface area contributed by atoms with E-state index in [0.717, 1.165) is 47.8 Å². The topological polar surface area (TPSA) is 150 Å². The van der Waals surface area contributed by atoms with Crippen molar-refractivity contribution in [1.29, 1.82) is 10.8 Å². The Bertz CT molecular complexity index is 1630. The molecule has 43 heavy (non-hydrogen) atoms. The number of ether oxygens (including phenoxy) is 2. The Morgan fingerprint density at radius 2 is 1.70 bits per heavy atom. The summed E-state index contributed by atoms with van der Waals surface area (Å²) in [6.45, 7) is 5.05. The van der Waals surface area contributed by atoms with E-state index >= 15 is 0 Å². The molecule has 0 amide bonds. The van der Waals surface area contributed by atoms with Crippen LogP contribution in [0.1, 0.15) is 49.4 Å². The number of sulfonamides is 1. The van der Waals surface area contributed by atoms with Crippen LogP contribution in [0.25, 0.3) is 10.8 Å². The van der Waals surface area contributed by atoms with Crippen LogP contribution in [0.2, 0.25) is 0 Å². The molecular weight excluding hydrogens is 613 g/mol. The third-order valence-electron chi connectivity index (χ3n) is 7.67.